The van der Waals surface area contributed by atoms with Crippen molar-refractivity contribution in [1.29, 1.82) is 0 Å². The molecule has 3 rings (SSSR count). The van der Waals surface area contributed by atoms with Crippen LogP contribution in [0.4, 0.5) is 17.3 Å². The second-order valence-corrected chi connectivity index (χ2v) is 6.43. The number of benzene rings is 1. The van der Waals surface area contributed by atoms with Crippen molar-refractivity contribution >= 4 is 17.3 Å². The molecule has 1 aliphatic heterocycles. The first-order valence-corrected chi connectivity index (χ1v) is 8.02. The second-order valence-electron chi connectivity index (χ2n) is 6.43. The van der Waals surface area contributed by atoms with Gasteiger partial charge in [-0.15, -0.1) is 0 Å². The minimum absolute atomic E-state index is 0.825. The summed E-state index contributed by atoms with van der Waals surface area (Å²) in [5.41, 5.74) is 3.58. The van der Waals surface area contributed by atoms with Crippen LogP contribution in [0.3, 0.4) is 0 Å². The van der Waals surface area contributed by atoms with Crippen LogP contribution in [0.2, 0.25) is 0 Å². The minimum Gasteiger partial charge on any atom is -0.356 e. The summed E-state index contributed by atoms with van der Waals surface area (Å²) in [5, 5.41) is 3.40. The average molecular weight is 296 g/mol. The fraction of sp³-hybridized carbons (Fsp3) is 0.444. The molecular formula is C18H24N4. The Bertz CT molecular complexity index is 625. The maximum Gasteiger partial charge on any atom is 0.135 e. The van der Waals surface area contributed by atoms with E-state index in [1.165, 1.54) is 24.0 Å². The first-order valence-electron chi connectivity index (χ1n) is 8.02. The Labute approximate surface area is 132 Å². The summed E-state index contributed by atoms with van der Waals surface area (Å²) in [5.74, 6) is 2.70. The number of piperidine rings is 1. The highest BCUT2D eigenvalue weighted by molar-refractivity contribution is 5.60. The van der Waals surface area contributed by atoms with Gasteiger partial charge in [-0.2, -0.15) is 0 Å². The van der Waals surface area contributed by atoms with Crippen molar-refractivity contribution < 1.29 is 0 Å². The van der Waals surface area contributed by atoms with Gasteiger partial charge in [-0.25, -0.2) is 9.97 Å². The van der Waals surface area contributed by atoms with Gasteiger partial charge in [0.1, 0.15) is 18.0 Å². The van der Waals surface area contributed by atoms with Crippen molar-refractivity contribution in [1.82, 2.24) is 9.97 Å². The van der Waals surface area contributed by atoms with Gasteiger partial charge in [0.25, 0.3) is 0 Å². The van der Waals surface area contributed by atoms with Gasteiger partial charge in [0.2, 0.25) is 0 Å². The number of aryl methyl sites for hydroxylation is 2. The van der Waals surface area contributed by atoms with E-state index >= 15 is 0 Å². The zero-order valence-electron chi connectivity index (χ0n) is 13.6. The molecule has 0 saturated carbocycles. The lowest BCUT2D eigenvalue weighted by molar-refractivity contribution is 0.436. The summed E-state index contributed by atoms with van der Waals surface area (Å²) in [4.78, 5) is 11.2. The molecule has 1 N–H and O–H groups in total. The van der Waals surface area contributed by atoms with Gasteiger partial charge in [0.15, 0.2) is 0 Å². The molecule has 4 heteroatoms. The van der Waals surface area contributed by atoms with Gasteiger partial charge >= 0.3 is 0 Å². The summed E-state index contributed by atoms with van der Waals surface area (Å²) in [6, 6.07) is 8.49. The molecule has 1 fully saturated rings. The van der Waals surface area contributed by atoms with E-state index in [9.17, 15) is 0 Å². The van der Waals surface area contributed by atoms with Crippen LogP contribution in [0.1, 0.15) is 30.9 Å². The molecule has 0 atom stereocenters. The number of nitrogens with zero attached hydrogens (tertiary/aromatic N) is 3. The number of rotatable bonds is 3. The topological polar surface area (TPSA) is 41.0 Å². The number of nitrogens with one attached hydrogen (secondary N) is 1. The molecule has 2 heterocycles. The Morgan fingerprint density at radius 3 is 2.36 bits per heavy atom. The molecule has 1 aliphatic rings. The number of aromatic nitrogens is 2. The third kappa shape index (κ3) is 3.56. The molecule has 0 bridgehead atoms. The van der Waals surface area contributed by atoms with E-state index in [-0.39, 0.29) is 0 Å². The zero-order valence-corrected chi connectivity index (χ0v) is 13.6. The Kier molecular flexibility index (Phi) is 4.27. The minimum atomic E-state index is 0.825. The summed E-state index contributed by atoms with van der Waals surface area (Å²) < 4.78 is 0. The predicted molar refractivity (Wildman–Crippen MR) is 91.8 cm³/mol. The summed E-state index contributed by atoms with van der Waals surface area (Å²) in [6.45, 7) is 8.71. The van der Waals surface area contributed by atoms with E-state index in [1.54, 1.807) is 6.33 Å². The molecule has 0 radical (unpaired) electrons. The number of hydrogen-bond donors (Lipinski definition) is 1. The van der Waals surface area contributed by atoms with Crippen molar-refractivity contribution in [2.75, 3.05) is 23.3 Å². The van der Waals surface area contributed by atoms with E-state index in [0.29, 0.717) is 0 Å². The Balaban J connectivity index is 1.76. The first kappa shape index (κ1) is 14.8. The molecule has 4 nitrogen and oxygen atoms in total. The van der Waals surface area contributed by atoms with Crippen LogP contribution in [0.25, 0.3) is 0 Å². The molecule has 116 valence electrons. The van der Waals surface area contributed by atoms with Crippen molar-refractivity contribution in [3.63, 3.8) is 0 Å². The van der Waals surface area contributed by atoms with Gasteiger partial charge in [-0.05, 0) is 55.9 Å². The monoisotopic (exact) mass is 296 g/mol. The van der Waals surface area contributed by atoms with Crippen molar-refractivity contribution in [2.24, 2.45) is 5.92 Å². The molecule has 0 unspecified atom stereocenters. The van der Waals surface area contributed by atoms with E-state index in [1.807, 2.05) is 6.07 Å². The van der Waals surface area contributed by atoms with Gasteiger partial charge in [0.05, 0.1) is 0 Å². The van der Waals surface area contributed by atoms with Crippen LogP contribution in [0.15, 0.2) is 30.6 Å². The molecule has 0 aliphatic carbocycles. The van der Waals surface area contributed by atoms with Crippen LogP contribution in [0, 0.1) is 19.8 Å². The predicted octanol–water partition coefficient (Wildman–Crippen LogP) is 4.07. The molecule has 22 heavy (non-hydrogen) atoms. The molecule has 1 saturated heterocycles. The van der Waals surface area contributed by atoms with Crippen LogP contribution in [0.5, 0.6) is 0 Å². The Morgan fingerprint density at radius 1 is 1.00 bits per heavy atom. The maximum absolute atomic E-state index is 4.44. The molecule has 0 spiro atoms. The molecule has 1 aromatic carbocycles. The van der Waals surface area contributed by atoms with Crippen molar-refractivity contribution in [3.8, 4) is 0 Å². The van der Waals surface area contributed by atoms with Gasteiger partial charge in [-0.3, -0.25) is 0 Å². The highest BCUT2D eigenvalue weighted by Crippen LogP contribution is 2.24. The van der Waals surface area contributed by atoms with Crippen LogP contribution in [-0.4, -0.2) is 23.1 Å². The lowest BCUT2D eigenvalue weighted by Crippen LogP contribution is -2.33. The second kappa shape index (κ2) is 6.34. The number of hydrogen-bond acceptors (Lipinski definition) is 4. The Morgan fingerprint density at radius 2 is 1.68 bits per heavy atom. The zero-order chi connectivity index (χ0) is 15.5. The maximum atomic E-state index is 4.44. The molecule has 0 amide bonds. The molecule has 2 aromatic rings. The third-order valence-corrected chi connectivity index (χ3v) is 4.25. The van der Waals surface area contributed by atoms with Gasteiger partial charge in [0, 0.05) is 24.8 Å². The van der Waals surface area contributed by atoms with E-state index in [0.717, 1.165) is 36.3 Å². The molecule has 1 aromatic heterocycles. The smallest absolute Gasteiger partial charge is 0.135 e. The number of anilines is 3. The average Bonchev–Trinajstić information content (AvgIpc) is 2.47. The molecular weight excluding hydrogens is 272 g/mol. The summed E-state index contributed by atoms with van der Waals surface area (Å²) >= 11 is 0. The summed E-state index contributed by atoms with van der Waals surface area (Å²) in [7, 11) is 0. The normalized spacial score (nSPS) is 15.9. The third-order valence-electron chi connectivity index (χ3n) is 4.25. The van der Waals surface area contributed by atoms with E-state index in [4.69, 9.17) is 0 Å². The largest absolute Gasteiger partial charge is 0.356 e. The fourth-order valence-corrected chi connectivity index (χ4v) is 3.02. The van der Waals surface area contributed by atoms with Crippen molar-refractivity contribution in [2.45, 2.75) is 33.6 Å². The lowest BCUT2D eigenvalue weighted by atomic mass is 9.99. The Hall–Kier alpha value is -2.10. The van der Waals surface area contributed by atoms with E-state index in [2.05, 4.69) is 59.2 Å². The highest BCUT2D eigenvalue weighted by atomic mass is 15.2. The fourth-order valence-electron chi connectivity index (χ4n) is 3.02. The SMILES string of the molecule is Cc1cc(C)cc(Nc2cc(N3CCC(C)CC3)ncn2)c1. The summed E-state index contributed by atoms with van der Waals surface area (Å²) in [6.07, 6.45) is 4.13. The van der Waals surface area contributed by atoms with Crippen LogP contribution in [-0.2, 0) is 0 Å². The van der Waals surface area contributed by atoms with Gasteiger partial charge < -0.3 is 10.2 Å². The highest BCUT2D eigenvalue weighted by Gasteiger charge is 2.17. The van der Waals surface area contributed by atoms with Crippen molar-refractivity contribution in [3.05, 3.63) is 41.7 Å². The van der Waals surface area contributed by atoms with E-state index < -0.39 is 0 Å². The van der Waals surface area contributed by atoms with Crippen LogP contribution < -0.4 is 10.2 Å². The van der Waals surface area contributed by atoms with Crippen LogP contribution >= 0.6 is 0 Å². The quantitative estimate of drug-likeness (QED) is 0.927. The standard InChI is InChI=1S/C18H24N4/c1-13-4-6-22(7-5-13)18-11-17(19-12-20-18)21-16-9-14(2)8-15(3)10-16/h8-13H,4-7H2,1-3H3,(H,19,20,21). The van der Waals surface area contributed by atoms with Gasteiger partial charge in [-0.1, -0.05) is 13.0 Å². The first-order chi connectivity index (χ1) is 10.6. The lowest BCUT2D eigenvalue weighted by Gasteiger charge is -2.31.